The summed E-state index contributed by atoms with van der Waals surface area (Å²) in [6, 6.07) is 10.7. The van der Waals surface area contributed by atoms with Crippen LogP contribution in [0.25, 0.3) is 0 Å². The largest absolute Gasteiger partial charge is 0.355 e. The molecule has 2 rings (SSSR count). The van der Waals surface area contributed by atoms with Crippen molar-refractivity contribution >= 4 is 5.91 Å². The number of amides is 1. The molecule has 3 nitrogen and oxygen atoms in total. The van der Waals surface area contributed by atoms with E-state index in [0.29, 0.717) is 12.5 Å². The third kappa shape index (κ3) is 5.03. The standard InChI is InChI=1S/C16H24N2O/c1-18-12-15(8-5-11-17-16(19)13-18)10-9-14-6-3-2-4-7-14/h2-4,6-7,15H,5,8-13H2,1H3,(H,17,19)/t15-/m0/s1. The van der Waals surface area contributed by atoms with Crippen molar-refractivity contribution < 1.29 is 4.79 Å². The van der Waals surface area contributed by atoms with Crippen LogP contribution in [-0.4, -0.2) is 37.5 Å². The highest BCUT2D eigenvalue weighted by atomic mass is 16.2. The summed E-state index contributed by atoms with van der Waals surface area (Å²) in [5, 5.41) is 2.97. The molecule has 1 aromatic rings. The van der Waals surface area contributed by atoms with E-state index < -0.39 is 0 Å². The van der Waals surface area contributed by atoms with Gasteiger partial charge in [0.25, 0.3) is 0 Å². The van der Waals surface area contributed by atoms with E-state index >= 15 is 0 Å². The molecule has 0 unspecified atom stereocenters. The van der Waals surface area contributed by atoms with Crippen LogP contribution in [0.1, 0.15) is 24.8 Å². The lowest BCUT2D eigenvalue weighted by atomic mass is 9.94. The van der Waals surface area contributed by atoms with E-state index in [1.165, 1.54) is 18.4 Å². The van der Waals surface area contributed by atoms with Gasteiger partial charge in [-0.2, -0.15) is 0 Å². The highest BCUT2D eigenvalue weighted by Crippen LogP contribution is 2.17. The number of carbonyl (C=O) groups is 1. The Morgan fingerprint density at radius 2 is 2.11 bits per heavy atom. The number of hydrogen-bond acceptors (Lipinski definition) is 2. The fraction of sp³-hybridized carbons (Fsp3) is 0.562. The Balaban J connectivity index is 1.85. The van der Waals surface area contributed by atoms with Crippen LogP contribution in [0.4, 0.5) is 0 Å². The van der Waals surface area contributed by atoms with Crippen LogP contribution in [0, 0.1) is 5.92 Å². The highest BCUT2D eigenvalue weighted by molar-refractivity contribution is 5.77. The van der Waals surface area contributed by atoms with Crippen LogP contribution in [0.15, 0.2) is 30.3 Å². The van der Waals surface area contributed by atoms with Crippen molar-refractivity contribution in [3.05, 3.63) is 35.9 Å². The van der Waals surface area contributed by atoms with Gasteiger partial charge in [0.1, 0.15) is 0 Å². The Labute approximate surface area is 116 Å². The number of nitrogens with one attached hydrogen (secondary N) is 1. The molecule has 1 aliphatic rings. The maximum atomic E-state index is 11.5. The van der Waals surface area contributed by atoms with E-state index in [-0.39, 0.29) is 5.91 Å². The molecule has 0 saturated carbocycles. The second-order valence-corrected chi connectivity index (χ2v) is 5.58. The molecule has 1 N–H and O–H groups in total. The van der Waals surface area contributed by atoms with E-state index in [4.69, 9.17) is 0 Å². The second-order valence-electron chi connectivity index (χ2n) is 5.58. The van der Waals surface area contributed by atoms with Gasteiger partial charge in [-0.1, -0.05) is 30.3 Å². The van der Waals surface area contributed by atoms with Gasteiger partial charge in [0.15, 0.2) is 0 Å². The predicted molar refractivity (Wildman–Crippen MR) is 78.0 cm³/mol. The molecule has 0 radical (unpaired) electrons. The molecular formula is C16H24N2O. The minimum absolute atomic E-state index is 0.159. The number of carbonyl (C=O) groups excluding carboxylic acids is 1. The minimum atomic E-state index is 0.159. The number of rotatable bonds is 3. The molecule has 19 heavy (non-hydrogen) atoms. The Morgan fingerprint density at radius 1 is 1.32 bits per heavy atom. The summed E-state index contributed by atoms with van der Waals surface area (Å²) in [6.45, 7) is 2.39. The van der Waals surface area contributed by atoms with Crippen molar-refractivity contribution in [3.8, 4) is 0 Å². The molecule has 1 amide bonds. The van der Waals surface area contributed by atoms with Crippen LogP contribution in [0.5, 0.6) is 0 Å². The summed E-state index contributed by atoms with van der Waals surface area (Å²) in [7, 11) is 2.04. The average Bonchev–Trinajstić information content (AvgIpc) is 2.48. The van der Waals surface area contributed by atoms with Gasteiger partial charge in [-0.15, -0.1) is 0 Å². The monoisotopic (exact) mass is 260 g/mol. The van der Waals surface area contributed by atoms with Crippen molar-refractivity contribution in [2.24, 2.45) is 5.92 Å². The maximum Gasteiger partial charge on any atom is 0.234 e. The third-order valence-corrected chi connectivity index (χ3v) is 3.78. The van der Waals surface area contributed by atoms with Crippen LogP contribution >= 0.6 is 0 Å². The lowest BCUT2D eigenvalue weighted by Crippen LogP contribution is -2.35. The van der Waals surface area contributed by atoms with Crippen LogP contribution in [-0.2, 0) is 11.2 Å². The molecule has 1 atom stereocenters. The Morgan fingerprint density at radius 3 is 2.89 bits per heavy atom. The summed E-state index contributed by atoms with van der Waals surface area (Å²) >= 11 is 0. The minimum Gasteiger partial charge on any atom is -0.355 e. The van der Waals surface area contributed by atoms with Gasteiger partial charge < -0.3 is 5.32 Å². The van der Waals surface area contributed by atoms with Gasteiger partial charge in [0, 0.05) is 13.1 Å². The van der Waals surface area contributed by atoms with E-state index in [1.54, 1.807) is 0 Å². The number of nitrogens with zero attached hydrogens (tertiary/aromatic N) is 1. The molecule has 1 aliphatic heterocycles. The topological polar surface area (TPSA) is 32.3 Å². The first kappa shape index (κ1) is 14.1. The quantitative estimate of drug-likeness (QED) is 0.902. The van der Waals surface area contributed by atoms with Crippen molar-refractivity contribution in [2.75, 3.05) is 26.7 Å². The Kier molecular flexibility index (Phi) is 5.40. The molecule has 1 heterocycles. The first-order valence-corrected chi connectivity index (χ1v) is 7.23. The van der Waals surface area contributed by atoms with Crippen LogP contribution < -0.4 is 5.32 Å². The summed E-state index contributed by atoms with van der Waals surface area (Å²) in [4.78, 5) is 13.7. The van der Waals surface area contributed by atoms with Gasteiger partial charge in [0.05, 0.1) is 6.54 Å². The smallest absolute Gasteiger partial charge is 0.234 e. The van der Waals surface area contributed by atoms with Gasteiger partial charge >= 0.3 is 0 Å². The van der Waals surface area contributed by atoms with Crippen LogP contribution in [0.3, 0.4) is 0 Å². The fourth-order valence-electron chi connectivity index (χ4n) is 2.77. The molecule has 1 saturated heterocycles. The zero-order valence-electron chi connectivity index (χ0n) is 11.8. The molecule has 1 aromatic carbocycles. The molecular weight excluding hydrogens is 236 g/mol. The molecule has 0 aliphatic carbocycles. The molecule has 1 fully saturated rings. The Hall–Kier alpha value is -1.35. The first-order chi connectivity index (χ1) is 9.24. The van der Waals surface area contributed by atoms with Gasteiger partial charge in [-0.05, 0) is 44.2 Å². The number of aryl methyl sites for hydroxylation is 1. The molecule has 0 bridgehead atoms. The van der Waals surface area contributed by atoms with Gasteiger partial charge in [-0.3, -0.25) is 9.69 Å². The lowest BCUT2D eigenvalue weighted by Gasteiger charge is -2.22. The Bertz CT molecular complexity index is 391. The van der Waals surface area contributed by atoms with Crippen molar-refractivity contribution in [2.45, 2.75) is 25.7 Å². The normalized spacial score (nSPS) is 22.2. The zero-order chi connectivity index (χ0) is 13.5. The number of hydrogen-bond donors (Lipinski definition) is 1. The maximum absolute atomic E-state index is 11.5. The van der Waals surface area contributed by atoms with E-state index in [9.17, 15) is 4.79 Å². The van der Waals surface area contributed by atoms with Crippen LogP contribution in [0.2, 0.25) is 0 Å². The highest BCUT2D eigenvalue weighted by Gasteiger charge is 2.16. The first-order valence-electron chi connectivity index (χ1n) is 7.23. The van der Waals surface area contributed by atoms with Crippen molar-refractivity contribution in [3.63, 3.8) is 0 Å². The van der Waals surface area contributed by atoms with Gasteiger partial charge in [-0.25, -0.2) is 0 Å². The van der Waals surface area contributed by atoms with Crippen molar-refractivity contribution in [1.82, 2.24) is 10.2 Å². The third-order valence-electron chi connectivity index (χ3n) is 3.78. The van der Waals surface area contributed by atoms with E-state index in [2.05, 4.69) is 40.5 Å². The summed E-state index contributed by atoms with van der Waals surface area (Å²) < 4.78 is 0. The summed E-state index contributed by atoms with van der Waals surface area (Å²) in [5.74, 6) is 0.851. The number of benzene rings is 1. The SMILES string of the molecule is CN1CC(=O)NCCC[C@@H](CCc2ccccc2)C1. The summed E-state index contributed by atoms with van der Waals surface area (Å²) in [5.41, 5.74) is 1.42. The molecule has 3 heteroatoms. The fourth-order valence-corrected chi connectivity index (χ4v) is 2.77. The summed E-state index contributed by atoms with van der Waals surface area (Å²) in [6.07, 6.45) is 4.65. The second kappa shape index (κ2) is 7.29. The van der Waals surface area contributed by atoms with E-state index in [1.807, 2.05) is 7.05 Å². The number of likely N-dealkylation sites (N-methyl/N-ethyl adjacent to an activating group) is 1. The van der Waals surface area contributed by atoms with Gasteiger partial charge in [0.2, 0.25) is 5.91 Å². The lowest BCUT2D eigenvalue weighted by molar-refractivity contribution is -0.121. The average molecular weight is 260 g/mol. The molecule has 104 valence electrons. The molecule has 0 spiro atoms. The van der Waals surface area contributed by atoms with Crippen molar-refractivity contribution in [1.29, 1.82) is 0 Å². The molecule has 0 aromatic heterocycles. The zero-order valence-corrected chi connectivity index (χ0v) is 11.8. The predicted octanol–water partition coefficient (Wildman–Crippen LogP) is 2.08. The van der Waals surface area contributed by atoms with E-state index in [0.717, 1.165) is 25.9 Å².